The van der Waals surface area contributed by atoms with E-state index in [1.807, 2.05) is 0 Å². The molecule has 2 rings (SSSR count). The maximum absolute atomic E-state index is 12.1. The van der Waals surface area contributed by atoms with Gasteiger partial charge in [0.25, 0.3) is 20.2 Å². The number of benzene rings is 1. The van der Waals surface area contributed by atoms with Gasteiger partial charge < -0.3 is 5.32 Å². The van der Waals surface area contributed by atoms with E-state index in [9.17, 15) is 16.8 Å². The van der Waals surface area contributed by atoms with Gasteiger partial charge in [0.1, 0.15) is 0 Å². The van der Waals surface area contributed by atoms with E-state index < -0.39 is 20.2 Å². The zero-order valence-electron chi connectivity index (χ0n) is 14.0. The third kappa shape index (κ3) is 5.17. The van der Waals surface area contributed by atoms with Crippen molar-refractivity contribution in [3.8, 4) is 0 Å². The van der Waals surface area contributed by atoms with Crippen molar-refractivity contribution in [1.29, 1.82) is 0 Å². The molecule has 136 valence electrons. The first-order chi connectivity index (χ1) is 11.2. The van der Waals surface area contributed by atoms with Crippen molar-refractivity contribution in [2.75, 3.05) is 26.0 Å². The minimum atomic E-state index is -4.12. The molecule has 0 amide bonds. The molecule has 0 aromatic heterocycles. The molecule has 1 aliphatic rings. The van der Waals surface area contributed by atoms with E-state index in [4.69, 9.17) is 0 Å². The molecule has 1 fully saturated rings. The highest BCUT2D eigenvalue weighted by Crippen LogP contribution is 2.24. The quantitative estimate of drug-likeness (QED) is 0.757. The number of rotatable bonds is 7. The van der Waals surface area contributed by atoms with Gasteiger partial charge in [-0.3, -0.25) is 0 Å². The normalized spacial score (nSPS) is 17.1. The summed E-state index contributed by atoms with van der Waals surface area (Å²) in [6.07, 6.45) is 6.31. The molecule has 0 aliphatic heterocycles. The molecular weight excluding hydrogens is 350 g/mol. The highest BCUT2D eigenvalue weighted by atomic mass is 32.3. The Bertz CT molecular complexity index is 737. The van der Waals surface area contributed by atoms with E-state index in [1.165, 1.54) is 58.3 Å². The largest absolute Gasteiger partial charge is 0.385 e. The molecule has 1 saturated carbocycles. The molecule has 0 heterocycles. The molecule has 0 radical (unpaired) electrons. The van der Waals surface area contributed by atoms with Crippen LogP contribution >= 0.6 is 0 Å². The van der Waals surface area contributed by atoms with E-state index in [-0.39, 0.29) is 4.90 Å². The van der Waals surface area contributed by atoms with Crippen molar-refractivity contribution in [1.82, 2.24) is 8.43 Å². The van der Waals surface area contributed by atoms with Crippen LogP contribution in [0.2, 0.25) is 0 Å². The molecule has 0 saturated heterocycles. The number of hydrogen-bond donors (Lipinski definition) is 2. The second-order valence-corrected chi connectivity index (χ2v) is 10.1. The van der Waals surface area contributed by atoms with Crippen molar-refractivity contribution in [3.05, 3.63) is 24.3 Å². The number of nitrogens with one attached hydrogen (secondary N) is 2. The van der Waals surface area contributed by atoms with Crippen LogP contribution < -0.4 is 9.44 Å². The monoisotopic (exact) mass is 375 g/mol. The molecule has 0 unspecified atom stereocenters. The molecule has 9 heteroatoms. The minimum absolute atomic E-state index is 0.0869. The summed E-state index contributed by atoms with van der Waals surface area (Å²) < 4.78 is 50.1. The summed E-state index contributed by atoms with van der Waals surface area (Å²) in [6.45, 7) is 0.874. The topological polar surface area (TPSA) is 95.6 Å². The summed E-state index contributed by atoms with van der Waals surface area (Å²) in [6, 6.07) is 6.10. The van der Waals surface area contributed by atoms with Crippen LogP contribution in [0.3, 0.4) is 0 Å². The molecule has 1 aliphatic carbocycles. The van der Waals surface area contributed by atoms with Gasteiger partial charge in [0, 0.05) is 26.3 Å². The highest BCUT2D eigenvalue weighted by Gasteiger charge is 2.24. The summed E-state index contributed by atoms with van der Waals surface area (Å²) in [4.78, 5) is -0.0869. The molecule has 0 atom stereocenters. The van der Waals surface area contributed by atoms with E-state index in [0.29, 0.717) is 5.92 Å². The second-order valence-electron chi connectivity index (χ2n) is 6.28. The lowest BCUT2D eigenvalue weighted by Crippen LogP contribution is -2.39. The third-order valence-corrected chi connectivity index (χ3v) is 7.75. The number of nitrogens with zero attached hydrogens (tertiary/aromatic N) is 1. The fourth-order valence-corrected chi connectivity index (χ4v) is 5.25. The Morgan fingerprint density at radius 2 is 1.58 bits per heavy atom. The fraction of sp³-hybridized carbons (Fsp3) is 0.600. The summed E-state index contributed by atoms with van der Waals surface area (Å²) in [5.41, 5.74) is 0.829. The lowest BCUT2D eigenvalue weighted by Gasteiger charge is -2.22. The molecular formula is C15H25N3O4S2. The molecule has 1 aromatic carbocycles. The van der Waals surface area contributed by atoms with Crippen molar-refractivity contribution in [2.24, 2.45) is 5.92 Å². The molecule has 1 aromatic rings. The lowest BCUT2D eigenvalue weighted by atomic mass is 9.89. The Labute approximate surface area is 144 Å². The summed E-state index contributed by atoms with van der Waals surface area (Å²) in [5, 5.41) is 3.32. The van der Waals surface area contributed by atoms with Crippen molar-refractivity contribution in [2.45, 2.75) is 37.0 Å². The Balaban J connectivity index is 2.00. The van der Waals surface area contributed by atoms with Crippen LogP contribution in [0.4, 0.5) is 5.69 Å². The van der Waals surface area contributed by atoms with Crippen LogP contribution in [0, 0.1) is 5.92 Å². The molecule has 24 heavy (non-hydrogen) atoms. The van der Waals surface area contributed by atoms with Gasteiger partial charge in [-0.25, -0.2) is 8.42 Å². The van der Waals surface area contributed by atoms with Crippen LogP contribution in [0.15, 0.2) is 29.2 Å². The number of anilines is 1. The SMILES string of the molecule is CN(C)S(=O)(=O)NS(=O)(=O)c1ccc(NCC2CCCCC2)cc1. The smallest absolute Gasteiger partial charge is 0.292 e. The Morgan fingerprint density at radius 3 is 2.12 bits per heavy atom. The van der Waals surface area contributed by atoms with Crippen LogP contribution in [0.1, 0.15) is 32.1 Å². The Kier molecular flexibility index (Phi) is 6.24. The third-order valence-electron chi connectivity index (χ3n) is 4.18. The summed E-state index contributed by atoms with van der Waals surface area (Å²) in [7, 11) is -5.66. The van der Waals surface area contributed by atoms with Gasteiger partial charge in [0.05, 0.1) is 4.90 Å². The average molecular weight is 376 g/mol. The lowest BCUT2D eigenvalue weighted by molar-refractivity contribution is 0.373. The minimum Gasteiger partial charge on any atom is -0.385 e. The van der Waals surface area contributed by atoms with Gasteiger partial charge in [0.15, 0.2) is 0 Å². The van der Waals surface area contributed by atoms with Gasteiger partial charge in [0.2, 0.25) is 0 Å². The second kappa shape index (κ2) is 7.81. The van der Waals surface area contributed by atoms with E-state index in [2.05, 4.69) is 5.32 Å². The maximum atomic E-state index is 12.1. The molecule has 7 nitrogen and oxygen atoms in total. The van der Waals surface area contributed by atoms with Crippen molar-refractivity contribution >= 4 is 25.9 Å². The van der Waals surface area contributed by atoms with Gasteiger partial charge in [-0.2, -0.15) is 12.7 Å². The maximum Gasteiger partial charge on any atom is 0.292 e. The first-order valence-electron chi connectivity index (χ1n) is 8.01. The molecule has 0 spiro atoms. The van der Waals surface area contributed by atoms with Gasteiger partial charge in [-0.1, -0.05) is 23.4 Å². The Hall–Kier alpha value is -1.16. The summed E-state index contributed by atoms with van der Waals surface area (Å²) in [5.74, 6) is 0.661. The van der Waals surface area contributed by atoms with Gasteiger partial charge in [-0.15, -0.1) is 0 Å². The standard InChI is InChI=1S/C15H25N3O4S2/c1-18(2)24(21,22)17-23(19,20)15-10-8-14(9-11-15)16-12-13-6-4-3-5-7-13/h8-11,13,16-17H,3-7,12H2,1-2H3. The van der Waals surface area contributed by atoms with E-state index in [1.54, 1.807) is 16.3 Å². The van der Waals surface area contributed by atoms with Crippen LogP contribution in [0.5, 0.6) is 0 Å². The first-order valence-corrected chi connectivity index (χ1v) is 10.9. The van der Waals surface area contributed by atoms with E-state index >= 15 is 0 Å². The summed E-state index contributed by atoms with van der Waals surface area (Å²) >= 11 is 0. The highest BCUT2D eigenvalue weighted by molar-refractivity contribution is 8.03. The number of sulfonamides is 1. The predicted molar refractivity (Wildman–Crippen MR) is 94.4 cm³/mol. The van der Waals surface area contributed by atoms with Crippen molar-refractivity contribution in [3.63, 3.8) is 0 Å². The van der Waals surface area contributed by atoms with Gasteiger partial charge in [-0.05, 0) is 43.0 Å². The Morgan fingerprint density at radius 1 is 1.00 bits per heavy atom. The first kappa shape index (κ1) is 19.2. The average Bonchev–Trinajstić information content (AvgIpc) is 2.53. The molecule has 0 bridgehead atoms. The molecule has 2 N–H and O–H groups in total. The zero-order valence-corrected chi connectivity index (χ0v) is 15.7. The van der Waals surface area contributed by atoms with Crippen LogP contribution in [0.25, 0.3) is 0 Å². The van der Waals surface area contributed by atoms with Crippen LogP contribution in [-0.2, 0) is 20.2 Å². The van der Waals surface area contributed by atoms with Gasteiger partial charge >= 0.3 is 0 Å². The zero-order chi connectivity index (χ0) is 17.8. The van der Waals surface area contributed by atoms with Crippen LogP contribution in [-0.4, -0.2) is 41.8 Å². The predicted octanol–water partition coefficient (Wildman–Crippen LogP) is 1.76. The van der Waals surface area contributed by atoms with Crippen molar-refractivity contribution < 1.29 is 16.8 Å². The number of hydrogen-bond acceptors (Lipinski definition) is 5. The fourth-order valence-electron chi connectivity index (χ4n) is 2.67. The van der Waals surface area contributed by atoms with E-state index in [0.717, 1.165) is 16.5 Å².